The first-order chi connectivity index (χ1) is 4.97. The van der Waals surface area contributed by atoms with Crippen LogP contribution in [-0.2, 0) is 0 Å². The second kappa shape index (κ2) is 2.18. The summed E-state index contributed by atoms with van der Waals surface area (Å²) >= 11 is 1.40. The Balaban J connectivity index is 2.48. The van der Waals surface area contributed by atoms with Gasteiger partial charge in [0.15, 0.2) is 5.51 Å². The Morgan fingerprint density at radius 3 is 3.20 bits per heavy atom. The lowest BCUT2D eigenvalue weighted by molar-refractivity contribution is 0.893. The molecule has 0 aliphatic rings. The third-order valence-electron chi connectivity index (χ3n) is 1.02. The third kappa shape index (κ3) is 0.801. The summed E-state index contributed by atoms with van der Waals surface area (Å²) in [6.45, 7) is 0. The summed E-state index contributed by atoms with van der Waals surface area (Å²) in [6, 6.07) is 0. The van der Waals surface area contributed by atoms with Crippen LogP contribution in [0, 0.1) is 5.51 Å². The van der Waals surface area contributed by atoms with Crippen molar-refractivity contribution in [3.8, 4) is 5.00 Å². The van der Waals surface area contributed by atoms with Crippen molar-refractivity contribution < 1.29 is 0 Å². The molecule has 0 amide bonds. The van der Waals surface area contributed by atoms with Crippen molar-refractivity contribution in [2.24, 2.45) is 0 Å². The van der Waals surface area contributed by atoms with Gasteiger partial charge in [-0.1, -0.05) is 11.3 Å². The Morgan fingerprint density at radius 2 is 2.60 bits per heavy atom. The van der Waals surface area contributed by atoms with E-state index in [2.05, 4.69) is 20.6 Å². The van der Waals surface area contributed by atoms with Crippen LogP contribution in [0.3, 0.4) is 0 Å². The summed E-state index contributed by atoms with van der Waals surface area (Å²) in [5.74, 6) is 0. The van der Waals surface area contributed by atoms with Gasteiger partial charge in [-0.3, -0.25) is 0 Å². The standard InChI is InChI=1S/C5H3N4S/c1-5(10-4-6-1)9-3-7-2-8-9/h1-3H. The summed E-state index contributed by atoms with van der Waals surface area (Å²) in [5, 5.41) is 4.84. The van der Waals surface area contributed by atoms with E-state index >= 15 is 0 Å². The van der Waals surface area contributed by atoms with E-state index in [1.54, 1.807) is 17.2 Å². The van der Waals surface area contributed by atoms with Crippen LogP contribution < -0.4 is 0 Å². The van der Waals surface area contributed by atoms with Gasteiger partial charge < -0.3 is 0 Å². The van der Waals surface area contributed by atoms with Crippen LogP contribution >= 0.6 is 11.3 Å². The molecule has 0 spiro atoms. The molecule has 0 atom stereocenters. The molecular weight excluding hydrogens is 148 g/mol. The second-order valence-corrected chi connectivity index (χ2v) is 2.43. The quantitative estimate of drug-likeness (QED) is 0.597. The van der Waals surface area contributed by atoms with Gasteiger partial charge >= 0.3 is 0 Å². The second-order valence-electron chi connectivity index (χ2n) is 1.63. The first-order valence-electron chi connectivity index (χ1n) is 2.64. The Morgan fingerprint density at radius 1 is 1.60 bits per heavy atom. The molecule has 0 saturated carbocycles. The normalized spacial score (nSPS) is 10.0. The predicted octanol–water partition coefficient (Wildman–Crippen LogP) is 0.524. The van der Waals surface area contributed by atoms with Crippen LogP contribution in [0.15, 0.2) is 18.9 Å². The monoisotopic (exact) mass is 151 g/mol. The zero-order chi connectivity index (χ0) is 6.81. The van der Waals surface area contributed by atoms with Crippen molar-refractivity contribution >= 4 is 11.3 Å². The van der Waals surface area contributed by atoms with E-state index < -0.39 is 0 Å². The van der Waals surface area contributed by atoms with Crippen LogP contribution in [0.5, 0.6) is 0 Å². The first-order valence-corrected chi connectivity index (χ1v) is 3.45. The number of hydrogen-bond acceptors (Lipinski definition) is 4. The van der Waals surface area contributed by atoms with Crippen molar-refractivity contribution in [3.63, 3.8) is 0 Å². The maximum Gasteiger partial charge on any atom is 0.154 e. The number of hydrogen-bond donors (Lipinski definition) is 0. The summed E-state index contributed by atoms with van der Waals surface area (Å²) in [6.07, 6.45) is 4.81. The predicted molar refractivity (Wildman–Crippen MR) is 35.9 cm³/mol. The molecule has 0 fully saturated rings. The highest BCUT2D eigenvalue weighted by Gasteiger charge is 1.95. The van der Waals surface area contributed by atoms with Gasteiger partial charge in [-0.05, 0) is 0 Å². The van der Waals surface area contributed by atoms with E-state index in [4.69, 9.17) is 0 Å². The average molecular weight is 151 g/mol. The molecule has 10 heavy (non-hydrogen) atoms. The Hall–Kier alpha value is -1.23. The zero-order valence-electron chi connectivity index (χ0n) is 4.93. The van der Waals surface area contributed by atoms with Crippen molar-refractivity contribution in [1.29, 1.82) is 0 Å². The summed E-state index contributed by atoms with van der Waals surface area (Å²) in [7, 11) is 0. The minimum absolute atomic E-state index is 0.928. The molecule has 0 aromatic carbocycles. The van der Waals surface area contributed by atoms with Gasteiger partial charge in [0.2, 0.25) is 0 Å². The van der Waals surface area contributed by atoms with Gasteiger partial charge in [0.05, 0.1) is 6.20 Å². The maximum absolute atomic E-state index is 3.91. The SMILES string of the molecule is [c]1ncc(-n2cncn2)s1. The van der Waals surface area contributed by atoms with Crippen LogP contribution in [0.25, 0.3) is 5.00 Å². The smallest absolute Gasteiger partial charge is 0.154 e. The highest BCUT2D eigenvalue weighted by Crippen LogP contribution is 2.08. The molecule has 0 saturated heterocycles. The highest BCUT2D eigenvalue weighted by molar-refractivity contribution is 7.11. The topological polar surface area (TPSA) is 43.6 Å². The molecule has 0 unspecified atom stereocenters. The molecule has 1 radical (unpaired) electrons. The molecule has 2 rings (SSSR count). The largest absolute Gasteiger partial charge is 0.240 e. The summed E-state index contributed by atoms with van der Waals surface area (Å²) in [4.78, 5) is 7.58. The lowest BCUT2D eigenvalue weighted by atomic mass is 10.8. The van der Waals surface area contributed by atoms with E-state index in [-0.39, 0.29) is 0 Å². The van der Waals surface area contributed by atoms with E-state index in [1.165, 1.54) is 17.7 Å². The molecule has 2 aromatic heterocycles. The average Bonchev–Trinajstić information content (AvgIpc) is 2.59. The van der Waals surface area contributed by atoms with Crippen molar-refractivity contribution in [2.75, 3.05) is 0 Å². The van der Waals surface area contributed by atoms with Gasteiger partial charge in [0, 0.05) is 0 Å². The van der Waals surface area contributed by atoms with Crippen LogP contribution in [0.1, 0.15) is 0 Å². The van der Waals surface area contributed by atoms with Gasteiger partial charge in [-0.15, -0.1) is 0 Å². The van der Waals surface area contributed by atoms with Crippen molar-refractivity contribution in [1.82, 2.24) is 19.7 Å². The summed E-state index contributed by atoms with van der Waals surface area (Å²) in [5.41, 5.74) is 2.72. The highest BCUT2D eigenvalue weighted by atomic mass is 32.1. The fourth-order valence-corrected chi connectivity index (χ4v) is 1.10. The molecule has 5 heteroatoms. The lowest BCUT2D eigenvalue weighted by Gasteiger charge is -1.88. The van der Waals surface area contributed by atoms with Gasteiger partial charge in [0.1, 0.15) is 17.7 Å². The molecule has 0 aliphatic carbocycles. The fraction of sp³-hybridized carbons (Fsp3) is 0. The van der Waals surface area contributed by atoms with E-state index in [0.717, 1.165) is 5.00 Å². The van der Waals surface area contributed by atoms with E-state index in [9.17, 15) is 0 Å². The number of aromatic nitrogens is 4. The Bertz CT molecular complexity index is 253. The molecule has 0 aliphatic heterocycles. The van der Waals surface area contributed by atoms with Crippen LogP contribution in [-0.4, -0.2) is 19.7 Å². The fourth-order valence-electron chi connectivity index (χ4n) is 0.609. The lowest BCUT2D eigenvalue weighted by Crippen LogP contribution is -1.88. The van der Waals surface area contributed by atoms with Gasteiger partial charge in [0.25, 0.3) is 0 Å². The molecule has 0 N–H and O–H groups in total. The van der Waals surface area contributed by atoms with Crippen LogP contribution in [0.2, 0.25) is 0 Å². The molecule has 49 valence electrons. The first kappa shape index (κ1) is 5.55. The third-order valence-corrected chi connectivity index (χ3v) is 1.72. The van der Waals surface area contributed by atoms with Crippen molar-refractivity contribution in [2.45, 2.75) is 0 Å². The molecule has 2 heterocycles. The molecule has 0 bridgehead atoms. The minimum Gasteiger partial charge on any atom is -0.240 e. The molecule has 4 nitrogen and oxygen atoms in total. The summed E-state index contributed by atoms with van der Waals surface area (Å²) < 4.78 is 1.65. The van der Waals surface area contributed by atoms with Crippen LogP contribution in [0.4, 0.5) is 0 Å². The Labute approximate surface area is 61.2 Å². The minimum atomic E-state index is 0.928. The maximum atomic E-state index is 3.91. The number of nitrogens with zero attached hydrogens (tertiary/aromatic N) is 4. The van der Waals surface area contributed by atoms with E-state index in [1.807, 2.05) is 0 Å². The van der Waals surface area contributed by atoms with Gasteiger partial charge in [-0.2, -0.15) is 5.10 Å². The van der Waals surface area contributed by atoms with Crippen molar-refractivity contribution in [3.05, 3.63) is 24.4 Å². The number of thiazole rings is 1. The number of rotatable bonds is 1. The van der Waals surface area contributed by atoms with Gasteiger partial charge in [-0.25, -0.2) is 14.6 Å². The zero-order valence-corrected chi connectivity index (χ0v) is 5.75. The van der Waals surface area contributed by atoms with E-state index in [0.29, 0.717) is 0 Å². The molecular formula is C5H3N4S. The Kier molecular flexibility index (Phi) is 1.21. The molecule has 2 aromatic rings.